The maximum atomic E-state index is 13.2. The molecule has 1 saturated heterocycles. The number of H-pyrrole nitrogens is 1. The number of nitrogens with zero attached hydrogens (tertiary/aromatic N) is 3. The first-order valence-corrected chi connectivity index (χ1v) is 11.1. The number of amides is 2. The fourth-order valence-corrected chi connectivity index (χ4v) is 5.28. The summed E-state index contributed by atoms with van der Waals surface area (Å²) < 4.78 is 1.84. The smallest absolute Gasteiger partial charge is 0.265 e. The van der Waals surface area contributed by atoms with Gasteiger partial charge in [0.1, 0.15) is 17.2 Å². The SMILES string of the molecule is CC(C)n1ncc2c1C(=O)CC1(CCN(C(=O)C3=Cc4cc(C(N)=O)[nH]c4NC3)CC1)C2. The number of ketones is 1. The zero-order chi connectivity index (χ0) is 22.6. The van der Waals surface area contributed by atoms with E-state index in [1.807, 2.05) is 35.7 Å². The van der Waals surface area contributed by atoms with Crippen molar-refractivity contribution in [3.8, 4) is 0 Å². The van der Waals surface area contributed by atoms with Gasteiger partial charge in [0.05, 0.1) is 6.20 Å². The molecular formula is C23H28N6O3. The lowest BCUT2D eigenvalue weighted by Gasteiger charge is -2.43. The number of aromatic amines is 1. The van der Waals surface area contributed by atoms with Gasteiger partial charge in [-0.3, -0.25) is 19.1 Å². The van der Waals surface area contributed by atoms with Gasteiger partial charge in [-0.25, -0.2) is 0 Å². The summed E-state index contributed by atoms with van der Waals surface area (Å²) in [6, 6.07) is 1.82. The Labute approximate surface area is 186 Å². The lowest BCUT2D eigenvalue weighted by molar-refractivity contribution is -0.129. The zero-order valence-corrected chi connectivity index (χ0v) is 18.4. The van der Waals surface area contributed by atoms with Crippen LogP contribution in [0.1, 0.15) is 71.3 Å². The monoisotopic (exact) mass is 436 g/mol. The van der Waals surface area contributed by atoms with Crippen molar-refractivity contribution in [3.63, 3.8) is 0 Å². The van der Waals surface area contributed by atoms with Crippen LogP contribution >= 0.6 is 0 Å². The minimum absolute atomic E-state index is 0.00437. The number of rotatable bonds is 3. The second kappa shape index (κ2) is 7.36. The molecule has 9 nitrogen and oxygen atoms in total. The molecule has 1 aliphatic carbocycles. The van der Waals surface area contributed by atoms with Gasteiger partial charge in [0.25, 0.3) is 11.8 Å². The Balaban J connectivity index is 1.28. The maximum absolute atomic E-state index is 13.2. The Morgan fingerprint density at radius 1 is 1.22 bits per heavy atom. The third-order valence-corrected chi connectivity index (χ3v) is 7.01. The number of hydrogen-bond donors (Lipinski definition) is 3. The molecule has 4 heterocycles. The van der Waals surface area contributed by atoms with E-state index in [4.69, 9.17) is 5.73 Å². The number of primary amides is 1. The van der Waals surface area contributed by atoms with Crippen LogP contribution in [0.25, 0.3) is 6.08 Å². The zero-order valence-electron chi connectivity index (χ0n) is 18.4. The van der Waals surface area contributed by atoms with Gasteiger partial charge in [-0.05, 0) is 50.7 Å². The number of Topliss-reactive ketones (excluding diaryl/α,β-unsaturated/α-hetero) is 1. The summed E-state index contributed by atoms with van der Waals surface area (Å²) >= 11 is 0. The highest BCUT2D eigenvalue weighted by Crippen LogP contribution is 2.44. The number of anilines is 1. The molecule has 2 amide bonds. The van der Waals surface area contributed by atoms with Crippen molar-refractivity contribution in [2.24, 2.45) is 11.1 Å². The standard InChI is InChI=1S/C23H28N6O3/c1-13(2)29-19-16(12-26-29)9-23(10-18(19)30)3-5-28(6-4-23)22(32)15-7-14-8-17(20(24)31)27-21(14)25-11-15/h7-8,12-13,25,27H,3-6,9-11H2,1-2H3,(H2,24,31). The second-order valence-corrected chi connectivity index (χ2v) is 9.53. The van der Waals surface area contributed by atoms with Crippen molar-refractivity contribution in [2.45, 2.75) is 45.6 Å². The molecule has 2 aromatic rings. The minimum Gasteiger partial charge on any atom is -0.367 e. The van der Waals surface area contributed by atoms with Gasteiger partial charge in [-0.2, -0.15) is 5.10 Å². The molecule has 3 aliphatic rings. The van der Waals surface area contributed by atoms with Gasteiger partial charge in [0.15, 0.2) is 5.78 Å². The third kappa shape index (κ3) is 3.32. The van der Waals surface area contributed by atoms with Gasteiger partial charge in [-0.15, -0.1) is 0 Å². The number of hydrogen-bond acceptors (Lipinski definition) is 5. The molecule has 5 rings (SSSR count). The molecule has 0 unspecified atom stereocenters. The normalized spacial score (nSPS) is 19.4. The molecule has 168 valence electrons. The predicted octanol–water partition coefficient (Wildman–Crippen LogP) is 2.14. The van der Waals surface area contributed by atoms with Gasteiger partial charge in [0.2, 0.25) is 0 Å². The number of piperidine rings is 1. The summed E-state index contributed by atoms with van der Waals surface area (Å²) in [6.45, 7) is 5.72. The van der Waals surface area contributed by atoms with Crippen LogP contribution in [0.3, 0.4) is 0 Å². The van der Waals surface area contributed by atoms with Crippen LogP contribution in [0.4, 0.5) is 5.82 Å². The van der Waals surface area contributed by atoms with Crippen molar-refractivity contribution < 1.29 is 14.4 Å². The Morgan fingerprint density at radius 3 is 2.66 bits per heavy atom. The molecule has 0 atom stereocenters. The van der Waals surface area contributed by atoms with Crippen molar-refractivity contribution in [3.05, 3.63) is 40.4 Å². The van der Waals surface area contributed by atoms with Crippen molar-refractivity contribution in [1.82, 2.24) is 19.7 Å². The average Bonchev–Trinajstić information content (AvgIpc) is 3.37. The molecule has 2 aliphatic heterocycles. The van der Waals surface area contributed by atoms with Gasteiger partial charge in [0, 0.05) is 48.8 Å². The van der Waals surface area contributed by atoms with E-state index in [1.165, 1.54) is 0 Å². The van der Waals surface area contributed by atoms with E-state index < -0.39 is 5.91 Å². The molecule has 0 aromatic carbocycles. The highest BCUT2D eigenvalue weighted by Gasteiger charge is 2.43. The van der Waals surface area contributed by atoms with Crippen LogP contribution in [-0.2, 0) is 11.2 Å². The molecule has 4 N–H and O–H groups in total. The van der Waals surface area contributed by atoms with Gasteiger partial charge < -0.3 is 20.9 Å². The first kappa shape index (κ1) is 20.5. The second-order valence-electron chi connectivity index (χ2n) is 9.53. The summed E-state index contributed by atoms with van der Waals surface area (Å²) in [4.78, 5) is 42.3. The van der Waals surface area contributed by atoms with E-state index in [1.54, 1.807) is 6.07 Å². The number of likely N-dealkylation sites (tertiary alicyclic amines) is 1. The first-order chi connectivity index (χ1) is 15.3. The molecule has 32 heavy (non-hydrogen) atoms. The van der Waals surface area contributed by atoms with E-state index >= 15 is 0 Å². The molecule has 1 spiro atoms. The third-order valence-electron chi connectivity index (χ3n) is 7.01. The van der Waals surface area contributed by atoms with E-state index in [2.05, 4.69) is 15.4 Å². The summed E-state index contributed by atoms with van der Waals surface area (Å²) in [7, 11) is 0. The Morgan fingerprint density at radius 2 is 1.97 bits per heavy atom. The van der Waals surface area contributed by atoms with Crippen LogP contribution in [0.15, 0.2) is 17.8 Å². The van der Waals surface area contributed by atoms with Gasteiger partial charge in [-0.1, -0.05) is 0 Å². The predicted molar refractivity (Wildman–Crippen MR) is 119 cm³/mol. The van der Waals surface area contributed by atoms with E-state index in [0.717, 1.165) is 36.1 Å². The van der Waals surface area contributed by atoms with Crippen molar-refractivity contribution in [2.75, 3.05) is 25.0 Å². The van der Waals surface area contributed by atoms with Crippen molar-refractivity contribution in [1.29, 1.82) is 0 Å². The summed E-state index contributed by atoms with van der Waals surface area (Å²) in [6.07, 6.45) is 6.64. The molecule has 0 bridgehead atoms. The molecule has 2 aromatic heterocycles. The van der Waals surface area contributed by atoms with Gasteiger partial charge >= 0.3 is 0 Å². The lowest BCUT2D eigenvalue weighted by atomic mass is 9.67. The highest BCUT2D eigenvalue weighted by molar-refractivity contribution is 6.02. The van der Waals surface area contributed by atoms with E-state index in [9.17, 15) is 14.4 Å². The fraction of sp³-hybridized carbons (Fsp3) is 0.478. The molecule has 1 fully saturated rings. The summed E-state index contributed by atoms with van der Waals surface area (Å²) in [5.41, 5.74) is 8.78. The molecule has 0 saturated carbocycles. The summed E-state index contributed by atoms with van der Waals surface area (Å²) in [5.74, 6) is 0.330. The number of nitrogens with one attached hydrogen (secondary N) is 2. The number of carbonyl (C=O) groups excluding carboxylic acids is 3. The quantitative estimate of drug-likeness (QED) is 0.680. The average molecular weight is 437 g/mol. The molecule has 0 radical (unpaired) electrons. The Bertz CT molecular complexity index is 1150. The summed E-state index contributed by atoms with van der Waals surface area (Å²) in [5, 5.41) is 7.61. The minimum atomic E-state index is -0.534. The van der Waals surface area contributed by atoms with E-state index in [0.29, 0.717) is 43.1 Å². The Hall–Kier alpha value is -3.36. The number of fused-ring (bicyclic) bond motifs is 2. The van der Waals surface area contributed by atoms with Crippen molar-refractivity contribution >= 4 is 29.5 Å². The van der Waals surface area contributed by atoms with Crippen LogP contribution in [-0.4, -0.2) is 56.9 Å². The number of carbonyl (C=O) groups is 3. The van der Waals surface area contributed by atoms with E-state index in [-0.39, 0.29) is 23.1 Å². The van der Waals surface area contributed by atoms with Crippen LogP contribution in [0.5, 0.6) is 0 Å². The van der Waals surface area contributed by atoms with Crippen LogP contribution < -0.4 is 11.1 Å². The topological polar surface area (TPSA) is 126 Å². The lowest BCUT2D eigenvalue weighted by Crippen LogP contribution is -2.47. The van der Waals surface area contributed by atoms with Crippen LogP contribution in [0.2, 0.25) is 0 Å². The largest absolute Gasteiger partial charge is 0.367 e. The Kier molecular flexibility index (Phi) is 4.72. The first-order valence-electron chi connectivity index (χ1n) is 11.1. The number of aromatic nitrogens is 3. The van der Waals surface area contributed by atoms with Crippen LogP contribution in [0, 0.1) is 5.41 Å². The molecular weight excluding hydrogens is 408 g/mol. The fourth-order valence-electron chi connectivity index (χ4n) is 5.28. The molecule has 9 heteroatoms. The number of nitrogens with two attached hydrogens (primary N) is 1. The highest BCUT2D eigenvalue weighted by atomic mass is 16.2. The maximum Gasteiger partial charge on any atom is 0.265 e.